The maximum Gasteiger partial charge on any atom is 0.241 e. The van der Waals surface area contributed by atoms with Crippen LogP contribution in [0.4, 0.5) is 0 Å². The molecular weight excluding hydrogens is 466 g/mol. The van der Waals surface area contributed by atoms with Crippen molar-refractivity contribution in [3.05, 3.63) is 70.8 Å². The first-order valence-corrected chi connectivity index (χ1v) is 10.8. The summed E-state index contributed by atoms with van der Waals surface area (Å²) >= 11 is 4.77. The van der Waals surface area contributed by atoms with Crippen LogP contribution in [0.3, 0.4) is 0 Å². The zero-order valence-corrected chi connectivity index (χ0v) is 18.6. The molecule has 1 aliphatic rings. The largest absolute Gasteiger partial charge is 0.304 e. The van der Waals surface area contributed by atoms with Crippen LogP contribution in [0.5, 0.6) is 0 Å². The van der Waals surface area contributed by atoms with E-state index in [-0.39, 0.29) is 11.8 Å². The van der Waals surface area contributed by atoms with Gasteiger partial charge in [-0.05, 0) is 24.3 Å². The molecular formula is C21H18BrN5O2S. The number of nitrogens with one attached hydrogen (secondary N) is 1. The summed E-state index contributed by atoms with van der Waals surface area (Å²) in [6, 6.07) is 17.6. The lowest BCUT2D eigenvalue weighted by atomic mass is 10.1. The van der Waals surface area contributed by atoms with Crippen molar-refractivity contribution in [3.8, 4) is 16.9 Å². The van der Waals surface area contributed by atoms with Gasteiger partial charge in [0.05, 0.1) is 11.4 Å². The van der Waals surface area contributed by atoms with Gasteiger partial charge in [0.25, 0.3) is 0 Å². The molecule has 1 unspecified atom stereocenters. The lowest BCUT2D eigenvalue weighted by Gasteiger charge is -2.18. The van der Waals surface area contributed by atoms with E-state index in [2.05, 4.69) is 26.3 Å². The second-order valence-corrected chi connectivity index (χ2v) is 8.62. The summed E-state index contributed by atoms with van der Waals surface area (Å²) in [5, 5.41) is 13.1. The van der Waals surface area contributed by atoms with Crippen molar-refractivity contribution in [2.45, 2.75) is 19.2 Å². The molecule has 1 N–H and O–H groups in total. The number of hydrogen-bond donors (Lipinski definition) is 1. The van der Waals surface area contributed by atoms with E-state index in [9.17, 15) is 9.59 Å². The van der Waals surface area contributed by atoms with Gasteiger partial charge in [0.15, 0.2) is 5.17 Å². The van der Waals surface area contributed by atoms with Crippen molar-refractivity contribution in [1.29, 1.82) is 0 Å². The maximum absolute atomic E-state index is 12.3. The molecule has 0 spiro atoms. The highest BCUT2D eigenvalue weighted by Crippen LogP contribution is 2.42. The first kappa shape index (κ1) is 20.4. The van der Waals surface area contributed by atoms with Gasteiger partial charge in [-0.2, -0.15) is 5.10 Å². The van der Waals surface area contributed by atoms with Crippen LogP contribution < -0.4 is 5.32 Å². The summed E-state index contributed by atoms with van der Waals surface area (Å²) in [6.45, 7) is 2.86. The molecule has 3 aromatic rings. The van der Waals surface area contributed by atoms with E-state index in [4.69, 9.17) is 5.10 Å². The Morgan fingerprint density at radius 2 is 1.77 bits per heavy atom. The lowest BCUT2D eigenvalue weighted by Crippen LogP contribution is -2.25. The summed E-state index contributed by atoms with van der Waals surface area (Å²) in [5.41, 5.74) is 3.39. The van der Waals surface area contributed by atoms with Crippen molar-refractivity contribution < 1.29 is 9.59 Å². The Bertz CT molecular complexity index is 1130. The maximum atomic E-state index is 12.3. The molecule has 0 saturated heterocycles. The van der Waals surface area contributed by atoms with Gasteiger partial charge < -0.3 is 5.32 Å². The molecule has 152 valence electrons. The van der Waals surface area contributed by atoms with Crippen molar-refractivity contribution in [2.75, 3.05) is 0 Å². The Morgan fingerprint density at radius 3 is 2.40 bits per heavy atom. The highest BCUT2D eigenvalue weighted by atomic mass is 79.9. The highest BCUT2D eigenvalue weighted by Gasteiger charge is 2.35. The van der Waals surface area contributed by atoms with Crippen molar-refractivity contribution >= 4 is 44.7 Å². The zero-order valence-electron chi connectivity index (χ0n) is 16.2. The fourth-order valence-electron chi connectivity index (χ4n) is 3.08. The molecule has 30 heavy (non-hydrogen) atoms. The molecule has 0 radical (unpaired) electrons. The fourth-order valence-corrected chi connectivity index (χ4v) is 4.49. The van der Waals surface area contributed by atoms with E-state index in [1.165, 1.54) is 30.6 Å². The topological polar surface area (TPSA) is 79.6 Å². The molecule has 2 heterocycles. The predicted molar refractivity (Wildman–Crippen MR) is 121 cm³/mol. The van der Waals surface area contributed by atoms with Crippen molar-refractivity contribution in [3.63, 3.8) is 0 Å². The fraction of sp³-hybridized carbons (Fsp3) is 0.143. The molecule has 1 aliphatic heterocycles. The molecule has 0 bridgehead atoms. The van der Waals surface area contributed by atoms with Crippen molar-refractivity contribution in [2.24, 2.45) is 5.10 Å². The summed E-state index contributed by atoms with van der Waals surface area (Å²) < 4.78 is 2.76. The molecule has 9 heteroatoms. The number of carbonyl (C=O) groups is 2. The van der Waals surface area contributed by atoms with Gasteiger partial charge in [0, 0.05) is 35.6 Å². The molecule has 2 amide bonds. The van der Waals surface area contributed by atoms with Crippen LogP contribution in [-0.2, 0) is 9.59 Å². The molecule has 7 nitrogen and oxygen atoms in total. The number of hydrazone groups is 1. The monoisotopic (exact) mass is 483 g/mol. The van der Waals surface area contributed by atoms with E-state index in [1.807, 2.05) is 60.8 Å². The third-order valence-corrected chi connectivity index (χ3v) is 6.01. The molecule has 1 aromatic heterocycles. The number of nitrogens with zero attached hydrogens (tertiary/aromatic N) is 4. The highest BCUT2D eigenvalue weighted by molar-refractivity contribution is 9.10. The minimum Gasteiger partial charge on any atom is -0.304 e. The molecule has 2 aromatic carbocycles. The number of carbonyl (C=O) groups excluding carboxylic acids is 2. The minimum atomic E-state index is -0.444. The summed E-state index contributed by atoms with van der Waals surface area (Å²) in [7, 11) is 0. The summed E-state index contributed by atoms with van der Waals surface area (Å²) in [5.74, 6) is -0.458. The van der Waals surface area contributed by atoms with Gasteiger partial charge in [0.1, 0.15) is 5.37 Å². The minimum absolute atomic E-state index is 0.220. The van der Waals surface area contributed by atoms with Crippen LogP contribution >= 0.6 is 27.7 Å². The van der Waals surface area contributed by atoms with Crippen LogP contribution in [0.2, 0.25) is 0 Å². The molecule has 0 saturated carbocycles. The number of amidine groups is 1. The third-order valence-electron chi connectivity index (χ3n) is 4.40. The molecule has 0 fully saturated rings. The predicted octanol–water partition coefficient (Wildman–Crippen LogP) is 4.30. The van der Waals surface area contributed by atoms with Crippen LogP contribution in [-0.4, -0.2) is 31.8 Å². The number of benzene rings is 2. The van der Waals surface area contributed by atoms with Crippen LogP contribution in [0.25, 0.3) is 16.9 Å². The second kappa shape index (κ2) is 8.45. The first-order chi connectivity index (χ1) is 14.4. The Kier molecular flexibility index (Phi) is 5.74. The van der Waals surface area contributed by atoms with E-state index in [0.717, 1.165) is 27.0 Å². The lowest BCUT2D eigenvalue weighted by molar-refractivity contribution is -0.129. The van der Waals surface area contributed by atoms with Gasteiger partial charge in [-0.1, -0.05) is 58.0 Å². The summed E-state index contributed by atoms with van der Waals surface area (Å²) in [4.78, 5) is 23.8. The number of halogens is 1. The van der Waals surface area contributed by atoms with E-state index < -0.39 is 5.37 Å². The van der Waals surface area contributed by atoms with Crippen molar-refractivity contribution in [1.82, 2.24) is 20.1 Å². The number of para-hydroxylation sites is 1. The first-order valence-electron chi connectivity index (χ1n) is 9.16. The smallest absolute Gasteiger partial charge is 0.241 e. The normalized spacial score (nSPS) is 15.8. The van der Waals surface area contributed by atoms with Gasteiger partial charge in [-0.3, -0.25) is 9.59 Å². The Hall–Kier alpha value is -2.91. The number of hydrogen-bond acceptors (Lipinski definition) is 5. The van der Waals surface area contributed by atoms with E-state index in [1.54, 1.807) is 4.68 Å². The van der Waals surface area contributed by atoms with Gasteiger partial charge >= 0.3 is 0 Å². The molecule has 1 atom stereocenters. The van der Waals surface area contributed by atoms with Crippen LogP contribution in [0.15, 0.2) is 70.4 Å². The average molecular weight is 484 g/mol. The molecule has 0 aliphatic carbocycles. The number of thioether (sulfide) groups is 1. The Morgan fingerprint density at radius 1 is 1.07 bits per heavy atom. The van der Waals surface area contributed by atoms with E-state index in [0.29, 0.717) is 5.17 Å². The van der Waals surface area contributed by atoms with Gasteiger partial charge in [0.2, 0.25) is 11.8 Å². The Balaban J connectivity index is 1.81. The standard InChI is InChI=1S/C21H18BrN5O2S/c1-13(28)23-21-25-27(14(2)29)20(30-21)18-12-26(17-6-4-3-5-7-17)24-19(18)15-8-10-16(22)11-9-15/h3-12,20H,1-2H3,(H,23,25,28). The number of rotatable bonds is 3. The second-order valence-electron chi connectivity index (χ2n) is 6.64. The number of aromatic nitrogens is 2. The quantitative estimate of drug-likeness (QED) is 0.601. The van der Waals surface area contributed by atoms with Gasteiger partial charge in [-0.25, -0.2) is 9.69 Å². The average Bonchev–Trinajstić information content (AvgIpc) is 3.33. The Labute approximate surface area is 186 Å². The SMILES string of the molecule is CC(=O)NC1=NN(C(C)=O)C(c2cn(-c3ccccc3)nc2-c2ccc(Br)cc2)S1. The summed E-state index contributed by atoms with van der Waals surface area (Å²) in [6.07, 6.45) is 1.91. The molecule has 4 rings (SSSR count). The number of amides is 2. The zero-order chi connectivity index (χ0) is 21.3. The third kappa shape index (κ3) is 4.17. The van der Waals surface area contributed by atoms with Crippen LogP contribution in [0, 0.1) is 0 Å². The van der Waals surface area contributed by atoms with Crippen LogP contribution in [0.1, 0.15) is 24.8 Å². The van der Waals surface area contributed by atoms with Gasteiger partial charge in [-0.15, -0.1) is 5.10 Å². The van der Waals surface area contributed by atoms with E-state index >= 15 is 0 Å².